The first-order valence-corrected chi connectivity index (χ1v) is 7.73. The van der Waals surface area contributed by atoms with Crippen LogP contribution >= 0.6 is 0 Å². The SMILES string of the molecule is CC(Nc1ccc2ccccc2c1)C1CC2C=CC1C2. The molecular weight excluding hydrogens is 242 g/mol. The van der Waals surface area contributed by atoms with E-state index in [1.165, 1.54) is 29.3 Å². The topological polar surface area (TPSA) is 12.0 Å². The van der Waals surface area contributed by atoms with Gasteiger partial charge in [0.05, 0.1) is 0 Å². The lowest BCUT2D eigenvalue weighted by molar-refractivity contribution is 0.400. The highest BCUT2D eigenvalue weighted by Crippen LogP contribution is 2.45. The Morgan fingerprint density at radius 3 is 2.60 bits per heavy atom. The molecule has 0 saturated heterocycles. The number of allylic oxidation sites excluding steroid dienone is 2. The standard InChI is InChI=1S/C19H21N/c1-13(19-11-14-6-7-17(19)10-14)20-18-9-8-15-4-2-3-5-16(15)12-18/h2-9,12-14,17,19-20H,10-11H2,1H3. The smallest absolute Gasteiger partial charge is 0.0348 e. The fourth-order valence-electron chi connectivity index (χ4n) is 4.05. The summed E-state index contributed by atoms with van der Waals surface area (Å²) in [5, 5.41) is 6.36. The monoisotopic (exact) mass is 263 g/mol. The Labute approximate surface area is 120 Å². The maximum atomic E-state index is 3.73. The minimum atomic E-state index is 0.552. The van der Waals surface area contributed by atoms with Crippen molar-refractivity contribution in [1.82, 2.24) is 0 Å². The van der Waals surface area contributed by atoms with Crippen LogP contribution in [0.25, 0.3) is 10.8 Å². The molecule has 4 unspecified atom stereocenters. The van der Waals surface area contributed by atoms with Crippen molar-refractivity contribution in [2.75, 3.05) is 5.32 Å². The quantitative estimate of drug-likeness (QED) is 0.780. The van der Waals surface area contributed by atoms with Gasteiger partial charge in [-0.15, -0.1) is 0 Å². The number of nitrogens with one attached hydrogen (secondary N) is 1. The number of anilines is 1. The van der Waals surface area contributed by atoms with Crippen molar-refractivity contribution in [2.24, 2.45) is 17.8 Å². The molecule has 1 heteroatoms. The van der Waals surface area contributed by atoms with Crippen molar-refractivity contribution in [3.8, 4) is 0 Å². The van der Waals surface area contributed by atoms with E-state index in [4.69, 9.17) is 0 Å². The van der Waals surface area contributed by atoms with E-state index in [0.29, 0.717) is 6.04 Å². The van der Waals surface area contributed by atoms with Gasteiger partial charge in [0.25, 0.3) is 0 Å². The van der Waals surface area contributed by atoms with E-state index in [1.807, 2.05) is 0 Å². The average molecular weight is 263 g/mol. The Hall–Kier alpha value is -1.76. The number of benzene rings is 2. The normalized spacial score (nSPS) is 28.9. The van der Waals surface area contributed by atoms with E-state index in [-0.39, 0.29) is 0 Å². The van der Waals surface area contributed by atoms with Crippen LogP contribution < -0.4 is 5.32 Å². The zero-order valence-corrected chi connectivity index (χ0v) is 11.9. The summed E-state index contributed by atoms with van der Waals surface area (Å²) >= 11 is 0. The van der Waals surface area contributed by atoms with Crippen molar-refractivity contribution in [3.63, 3.8) is 0 Å². The molecule has 102 valence electrons. The third-order valence-corrected chi connectivity index (χ3v) is 5.12. The Morgan fingerprint density at radius 2 is 1.85 bits per heavy atom. The van der Waals surface area contributed by atoms with Gasteiger partial charge >= 0.3 is 0 Å². The van der Waals surface area contributed by atoms with Crippen LogP contribution in [-0.4, -0.2) is 6.04 Å². The largest absolute Gasteiger partial charge is 0.382 e. The van der Waals surface area contributed by atoms with E-state index in [9.17, 15) is 0 Å². The Bertz CT molecular complexity index is 658. The molecule has 0 radical (unpaired) electrons. The predicted molar refractivity (Wildman–Crippen MR) is 85.9 cm³/mol. The fraction of sp³-hybridized carbons (Fsp3) is 0.368. The van der Waals surface area contributed by atoms with Gasteiger partial charge in [0.2, 0.25) is 0 Å². The fourth-order valence-corrected chi connectivity index (χ4v) is 4.05. The first-order valence-electron chi connectivity index (χ1n) is 7.73. The molecule has 0 aromatic heterocycles. The molecule has 0 aliphatic heterocycles. The number of fused-ring (bicyclic) bond motifs is 3. The second-order valence-electron chi connectivity index (χ2n) is 6.44. The van der Waals surface area contributed by atoms with Gasteiger partial charge in [-0.25, -0.2) is 0 Å². The lowest BCUT2D eigenvalue weighted by Crippen LogP contribution is -2.28. The second kappa shape index (κ2) is 4.66. The first-order chi connectivity index (χ1) is 9.79. The highest BCUT2D eigenvalue weighted by atomic mass is 14.9. The molecule has 2 aromatic rings. The Morgan fingerprint density at radius 1 is 1.00 bits per heavy atom. The molecule has 1 fully saturated rings. The lowest BCUT2D eigenvalue weighted by Gasteiger charge is -2.27. The Balaban J connectivity index is 1.53. The van der Waals surface area contributed by atoms with Crippen molar-refractivity contribution < 1.29 is 0 Å². The molecule has 1 nitrogen and oxygen atoms in total. The van der Waals surface area contributed by atoms with Crippen LogP contribution in [0.15, 0.2) is 54.6 Å². The van der Waals surface area contributed by atoms with E-state index in [2.05, 4.69) is 66.9 Å². The minimum absolute atomic E-state index is 0.552. The van der Waals surface area contributed by atoms with Crippen LogP contribution in [0.4, 0.5) is 5.69 Å². The molecule has 2 aliphatic rings. The van der Waals surface area contributed by atoms with Gasteiger partial charge in [-0.2, -0.15) is 0 Å². The highest BCUT2D eigenvalue weighted by molar-refractivity contribution is 5.85. The van der Waals surface area contributed by atoms with E-state index < -0.39 is 0 Å². The Kier molecular flexibility index (Phi) is 2.80. The molecule has 4 atom stereocenters. The third kappa shape index (κ3) is 2.02. The summed E-state index contributed by atoms with van der Waals surface area (Å²) in [7, 11) is 0. The third-order valence-electron chi connectivity index (χ3n) is 5.12. The molecule has 1 saturated carbocycles. The van der Waals surface area contributed by atoms with E-state index in [0.717, 1.165) is 17.8 Å². The van der Waals surface area contributed by atoms with Crippen molar-refractivity contribution in [2.45, 2.75) is 25.8 Å². The summed E-state index contributed by atoms with van der Waals surface area (Å²) in [6.07, 6.45) is 7.61. The molecule has 2 aliphatic carbocycles. The van der Waals surface area contributed by atoms with E-state index in [1.54, 1.807) is 0 Å². The summed E-state index contributed by atoms with van der Waals surface area (Å²) in [4.78, 5) is 0. The van der Waals surface area contributed by atoms with E-state index >= 15 is 0 Å². The van der Waals surface area contributed by atoms with Gasteiger partial charge in [0, 0.05) is 11.7 Å². The molecule has 4 rings (SSSR count). The van der Waals surface area contributed by atoms with Crippen LogP contribution in [0.5, 0.6) is 0 Å². The van der Waals surface area contributed by atoms with Gasteiger partial charge in [-0.05, 0) is 60.4 Å². The average Bonchev–Trinajstić information content (AvgIpc) is 3.10. The van der Waals surface area contributed by atoms with Gasteiger partial charge in [-0.1, -0.05) is 42.5 Å². The van der Waals surface area contributed by atoms with Crippen LogP contribution in [0, 0.1) is 17.8 Å². The molecule has 20 heavy (non-hydrogen) atoms. The van der Waals surface area contributed by atoms with Gasteiger partial charge in [0.1, 0.15) is 0 Å². The summed E-state index contributed by atoms with van der Waals surface area (Å²) in [6, 6.07) is 15.8. The van der Waals surface area contributed by atoms with Crippen LogP contribution in [-0.2, 0) is 0 Å². The summed E-state index contributed by atoms with van der Waals surface area (Å²) < 4.78 is 0. The predicted octanol–water partition coefficient (Wildman–Crippen LogP) is 4.85. The van der Waals surface area contributed by atoms with Crippen molar-refractivity contribution in [1.29, 1.82) is 0 Å². The first kappa shape index (κ1) is 12.0. The molecule has 2 bridgehead atoms. The van der Waals surface area contributed by atoms with Gasteiger partial charge in [0.15, 0.2) is 0 Å². The van der Waals surface area contributed by atoms with Crippen LogP contribution in [0.2, 0.25) is 0 Å². The van der Waals surface area contributed by atoms with Crippen molar-refractivity contribution >= 4 is 16.5 Å². The molecule has 0 amide bonds. The molecule has 0 spiro atoms. The molecule has 1 N–H and O–H groups in total. The zero-order chi connectivity index (χ0) is 13.5. The minimum Gasteiger partial charge on any atom is -0.382 e. The summed E-state index contributed by atoms with van der Waals surface area (Å²) in [6.45, 7) is 2.34. The summed E-state index contributed by atoms with van der Waals surface area (Å²) in [5.74, 6) is 2.46. The number of rotatable bonds is 3. The van der Waals surface area contributed by atoms with Gasteiger partial charge < -0.3 is 5.32 Å². The van der Waals surface area contributed by atoms with Crippen molar-refractivity contribution in [3.05, 3.63) is 54.6 Å². The highest BCUT2D eigenvalue weighted by Gasteiger charge is 2.38. The van der Waals surface area contributed by atoms with Crippen LogP contribution in [0.3, 0.4) is 0 Å². The summed E-state index contributed by atoms with van der Waals surface area (Å²) in [5.41, 5.74) is 1.25. The zero-order valence-electron chi connectivity index (χ0n) is 11.9. The lowest BCUT2D eigenvalue weighted by atomic mass is 9.87. The second-order valence-corrected chi connectivity index (χ2v) is 6.44. The molecule has 2 aromatic carbocycles. The molecular formula is C19H21N. The number of hydrogen-bond acceptors (Lipinski definition) is 1. The maximum Gasteiger partial charge on any atom is 0.0348 e. The van der Waals surface area contributed by atoms with Gasteiger partial charge in [-0.3, -0.25) is 0 Å². The van der Waals surface area contributed by atoms with Crippen LogP contribution in [0.1, 0.15) is 19.8 Å². The molecule has 0 heterocycles. The maximum absolute atomic E-state index is 3.73. The number of hydrogen-bond donors (Lipinski definition) is 1.